The van der Waals surface area contributed by atoms with Crippen molar-refractivity contribution in [3.63, 3.8) is 0 Å². The SMILES string of the molecule is CC1=C[C@@H](CNC(=O)COC2CCCCC2)[C@H](C(C)C)C[C@H]1CC(=O)N1CCN(C2CCCC[NH2+]2)CC1. The third-order valence-electron chi connectivity index (χ3n) is 9.57. The summed E-state index contributed by atoms with van der Waals surface area (Å²) in [6, 6.07) is 0. The normalized spacial score (nSPS) is 30.3. The van der Waals surface area contributed by atoms with Gasteiger partial charge in [0.05, 0.1) is 12.6 Å². The first-order valence-electron chi connectivity index (χ1n) is 15.3. The molecule has 0 radical (unpaired) electrons. The molecule has 2 heterocycles. The predicted octanol–water partition coefficient (Wildman–Crippen LogP) is 2.91. The molecule has 1 saturated carbocycles. The number of ether oxygens (including phenoxy) is 1. The predicted molar refractivity (Wildman–Crippen MR) is 147 cm³/mol. The lowest BCUT2D eigenvalue weighted by Gasteiger charge is -2.40. The zero-order valence-corrected chi connectivity index (χ0v) is 23.8. The number of nitrogens with one attached hydrogen (secondary N) is 1. The van der Waals surface area contributed by atoms with Gasteiger partial charge in [0.15, 0.2) is 0 Å². The van der Waals surface area contributed by atoms with E-state index in [1.165, 1.54) is 50.6 Å². The molecule has 0 aromatic carbocycles. The van der Waals surface area contributed by atoms with E-state index in [1.54, 1.807) is 0 Å². The van der Waals surface area contributed by atoms with E-state index < -0.39 is 0 Å². The van der Waals surface area contributed by atoms with Crippen molar-refractivity contribution in [2.45, 2.75) is 97.2 Å². The molecule has 0 bridgehead atoms. The lowest BCUT2D eigenvalue weighted by atomic mass is 9.69. The molecule has 2 amide bonds. The molecule has 4 atom stereocenters. The highest BCUT2D eigenvalue weighted by Crippen LogP contribution is 2.39. The van der Waals surface area contributed by atoms with E-state index in [9.17, 15) is 9.59 Å². The second-order valence-corrected chi connectivity index (χ2v) is 12.5. The van der Waals surface area contributed by atoms with Gasteiger partial charge in [-0.2, -0.15) is 0 Å². The fourth-order valence-corrected chi connectivity index (χ4v) is 7.12. The molecule has 7 heteroatoms. The van der Waals surface area contributed by atoms with Crippen LogP contribution in [0.25, 0.3) is 0 Å². The highest BCUT2D eigenvalue weighted by Gasteiger charge is 2.35. The van der Waals surface area contributed by atoms with Crippen molar-refractivity contribution >= 4 is 11.8 Å². The number of piperazine rings is 1. The molecule has 2 saturated heterocycles. The van der Waals surface area contributed by atoms with Crippen molar-refractivity contribution in [1.82, 2.24) is 15.1 Å². The van der Waals surface area contributed by atoms with Crippen LogP contribution in [0.5, 0.6) is 0 Å². The maximum Gasteiger partial charge on any atom is 0.246 e. The second kappa shape index (κ2) is 14.1. The van der Waals surface area contributed by atoms with Crippen molar-refractivity contribution in [2.75, 3.05) is 45.9 Å². The van der Waals surface area contributed by atoms with Crippen LogP contribution in [0.2, 0.25) is 0 Å². The fraction of sp³-hybridized carbons (Fsp3) is 0.867. The average molecular weight is 518 g/mol. The topological polar surface area (TPSA) is 78.5 Å². The van der Waals surface area contributed by atoms with E-state index in [-0.39, 0.29) is 18.6 Å². The summed E-state index contributed by atoms with van der Waals surface area (Å²) in [5.74, 6) is 1.93. The minimum Gasteiger partial charge on any atom is -0.368 e. The van der Waals surface area contributed by atoms with E-state index >= 15 is 0 Å². The smallest absolute Gasteiger partial charge is 0.246 e. The van der Waals surface area contributed by atoms with Crippen molar-refractivity contribution in [1.29, 1.82) is 0 Å². The molecule has 0 spiro atoms. The Morgan fingerprint density at radius 3 is 2.46 bits per heavy atom. The number of rotatable bonds is 9. The molecule has 0 aromatic heterocycles. The van der Waals surface area contributed by atoms with Crippen molar-refractivity contribution in [3.05, 3.63) is 11.6 Å². The van der Waals surface area contributed by atoms with Gasteiger partial charge < -0.3 is 20.3 Å². The molecule has 210 valence electrons. The molecule has 0 aromatic rings. The minimum atomic E-state index is 0.00130. The third kappa shape index (κ3) is 8.27. The Morgan fingerprint density at radius 2 is 1.78 bits per heavy atom. The molecule has 3 fully saturated rings. The zero-order chi connectivity index (χ0) is 26.2. The van der Waals surface area contributed by atoms with Gasteiger partial charge in [0.1, 0.15) is 12.8 Å². The summed E-state index contributed by atoms with van der Waals surface area (Å²) in [6.07, 6.45) is 14.7. The van der Waals surface area contributed by atoms with E-state index in [0.717, 1.165) is 45.4 Å². The van der Waals surface area contributed by atoms with Crippen LogP contribution < -0.4 is 10.6 Å². The van der Waals surface area contributed by atoms with Gasteiger partial charge >= 0.3 is 0 Å². The maximum absolute atomic E-state index is 13.3. The van der Waals surface area contributed by atoms with Gasteiger partial charge in [-0.3, -0.25) is 14.5 Å². The van der Waals surface area contributed by atoms with Gasteiger partial charge in [0.25, 0.3) is 0 Å². The summed E-state index contributed by atoms with van der Waals surface area (Å²) in [6.45, 7) is 12.6. The van der Waals surface area contributed by atoms with Crippen LogP contribution in [0.4, 0.5) is 0 Å². The minimum absolute atomic E-state index is 0.00130. The van der Waals surface area contributed by atoms with Crippen LogP contribution in [0.15, 0.2) is 11.6 Å². The quantitative estimate of drug-likeness (QED) is 0.461. The molecule has 2 aliphatic carbocycles. The number of hydrogen-bond acceptors (Lipinski definition) is 4. The summed E-state index contributed by atoms with van der Waals surface area (Å²) < 4.78 is 5.87. The third-order valence-corrected chi connectivity index (χ3v) is 9.57. The summed E-state index contributed by atoms with van der Waals surface area (Å²) in [5.41, 5.74) is 1.32. The summed E-state index contributed by atoms with van der Waals surface area (Å²) >= 11 is 0. The van der Waals surface area contributed by atoms with Crippen LogP contribution >= 0.6 is 0 Å². The number of allylic oxidation sites excluding steroid dienone is 1. The number of piperidine rings is 1. The van der Waals surface area contributed by atoms with Gasteiger partial charge in [-0.15, -0.1) is 0 Å². The lowest BCUT2D eigenvalue weighted by Crippen LogP contribution is -2.95. The molecule has 37 heavy (non-hydrogen) atoms. The fourth-order valence-electron chi connectivity index (χ4n) is 7.12. The van der Waals surface area contributed by atoms with Crippen LogP contribution in [0.1, 0.15) is 85.0 Å². The zero-order valence-electron chi connectivity index (χ0n) is 23.8. The number of carbonyl (C=O) groups is 2. The van der Waals surface area contributed by atoms with Crippen molar-refractivity contribution in [2.24, 2.45) is 23.7 Å². The highest BCUT2D eigenvalue weighted by atomic mass is 16.5. The largest absolute Gasteiger partial charge is 0.368 e. The standard InChI is InChI=1S/C30H52N4O3/c1-22(2)27-18-24(19-30(36)34-15-13-33(14-16-34)28-11-7-8-12-31-28)23(3)17-25(27)20-32-29(35)21-37-26-9-5-4-6-10-26/h17,22,24-28,31H,4-16,18-21H2,1-3H3,(H,32,35)/p+1/t24-,25-,27-,28?/m0/s1. The Bertz CT molecular complexity index is 765. The van der Waals surface area contributed by atoms with Crippen molar-refractivity contribution in [3.8, 4) is 0 Å². The van der Waals surface area contributed by atoms with E-state index in [1.807, 2.05) is 0 Å². The molecule has 1 unspecified atom stereocenters. The highest BCUT2D eigenvalue weighted by molar-refractivity contribution is 5.77. The monoisotopic (exact) mass is 517 g/mol. The molecule has 2 aliphatic heterocycles. The molecule has 4 rings (SSSR count). The van der Waals surface area contributed by atoms with Crippen LogP contribution in [-0.2, 0) is 14.3 Å². The molecule has 4 aliphatic rings. The Kier molecular flexibility index (Phi) is 10.9. The first-order chi connectivity index (χ1) is 17.9. The number of carbonyl (C=O) groups excluding carboxylic acids is 2. The first-order valence-corrected chi connectivity index (χ1v) is 15.3. The summed E-state index contributed by atoms with van der Waals surface area (Å²) in [4.78, 5) is 30.4. The maximum atomic E-state index is 13.3. The summed E-state index contributed by atoms with van der Waals surface area (Å²) in [5, 5.41) is 5.64. The Labute approximate surface area is 225 Å². The number of quaternary nitrogens is 1. The Morgan fingerprint density at radius 1 is 1.05 bits per heavy atom. The van der Waals surface area contributed by atoms with Crippen LogP contribution in [0.3, 0.4) is 0 Å². The van der Waals surface area contributed by atoms with Gasteiger partial charge in [-0.25, -0.2) is 0 Å². The van der Waals surface area contributed by atoms with Gasteiger partial charge in [-0.05, 0) is 62.7 Å². The van der Waals surface area contributed by atoms with Gasteiger partial charge in [0.2, 0.25) is 11.8 Å². The average Bonchev–Trinajstić information content (AvgIpc) is 2.93. The van der Waals surface area contributed by atoms with Gasteiger partial charge in [-0.1, -0.05) is 44.8 Å². The van der Waals surface area contributed by atoms with E-state index in [2.05, 4.69) is 47.3 Å². The number of nitrogens with two attached hydrogens (primary N) is 1. The van der Waals surface area contributed by atoms with E-state index in [4.69, 9.17) is 4.74 Å². The molecular formula is C30H53N4O3+. The molecule has 7 nitrogen and oxygen atoms in total. The Hall–Kier alpha value is -1.44. The lowest BCUT2D eigenvalue weighted by molar-refractivity contribution is -0.717. The molecular weight excluding hydrogens is 464 g/mol. The van der Waals surface area contributed by atoms with Crippen molar-refractivity contribution < 1.29 is 19.6 Å². The first kappa shape index (κ1) is 28.6. The number of hydrogen-bond donors (Lipinski definition) is 2. The van der Waals surface area contributed by atoms with Crippen LogP contribution in [-0.4, -0.2) is 79.8 Å². The molecule has 3 N–H and O–H groups in total. The van der Waals surface area contributed by atoms with Gasteiger partial charge in [0, 0.05) is 45.6 Å². The number of amides is 2. The second-order valence-electron chi connectivity index (χ2n) is 12.5. The Balaban J connectivity index is 1.23. The van der Waals surface area contributed by atoms with Crippen LogP contribution in [0, 0.1) is 23.7 Å². The summed E-state index contributed by atoms with van der Waals surface area (Å²) in [7, 11) is 0. The number of nitrogens with zero attached hydrogens (tertiary/aromatic N) is 2. The van der Waals surface area contributed by atoms with E-state index in [0.29, 0.717) is 48.7 Å².